The van der Waals surface area contributed by atoms with Gasteiger partial charge in [0.05, 0.1) is 5.92 Å². The van der Waals surface area contributed by atoms with Gasteiger partial charge in [-0.2, -0.15) is 11.8 Å². The van der Waals surface area contributed by atoms with Crippen LogP contribution in [0.4, 0.5) is 0 Å². The van der Waals surface area contributed by atoms with Crippen LogP contribution in [0.1, 0.15) is 26.7 Å². The van der Waals surface area contributed by atoms with Gasteiger partial charge in [-0.05, 0) is 36.2 Å². The van der Waals surface area contributed by atoms with E-state index in [1.807, 2.05) is 25.6 Å². The van der Waals surface area contributed by atoms with Gasteiger partial charge < -0.3 is 5.11 Å². The Hall–Kier alpha value is -0.180. The van der Waals surface area contributed by atoms with Crippen molar-refractivity contribution in [1.82, 2.24) is 0 Å². The predicted molar refractivity (Wildman–Crippen MR) is 56.0 cm³/mol. The lowest BCUT2D eigenvalue weighted by atomic mass is 9.82. The van der Waals surface area contributed by atoms with Gasteiger partial charge in [0.25, 0.3) is 0 Å². The Morgan fingerprint density at radius 2 is 2.23 bits per heavy atom. The molecule has 0 aromatic carbocycles. The highest BCUT2D eigenvalue weighted by atomic mass is 32.2. The molecule has 2 unspecified atom stereocenters. The minimum Gasteiger partial charge on any atom is -0.481 e. The van der Waals surface area contributed by atoms with Crippen molar-refractivity contribution in [2.75, 3.05) is 11.5 Å². The van der Waals surface area contributed by atoms with Crippen molar-refractivity contribution in [3.05, 3.63) is 0 Å². The molecule has 1 rings (SSSR count). The molecule has 1 aliphatic heterocycles. The molecule has 0 aliphatic carbocycles. The van der Waals surface area contributed by atoms with Crippen LogP contribution in [0.3, 0.4) is 0 Å². The Labute approximate surface area is 84.1 Å². The minimum atomic E-state index is -0.609. The molecule has 3 heteroatoms. The Bertz CT molecular complexity index is 174. The standard InChI is InChI=1S/C10H18O2S/c1-7(2)9(10(11)12)8-4-3-5-13-6-8/h7-9H,3-6H2,1-2H3,(H,11,12). The highest BCUT2D eigenvalue weighted by molar-refractivity contribution is 7.99. The first-order chi connectivity index (χ1) is 6.13. The van der Waals surface area contributed by atoms with E-state index in [1.165, 1.54) is 12.2 Å². The molecular weight excluding hydrogens is 184 g/mol. The van der Waals surface area contributed by atoms with E-state index < -0.39 is 5.97 Å². The summed E-state index contributed by atoms with van der Waals surface area (Å²) in [6.07, 6.45) is 2.29. The number of carboxylic acids is 1. The molecule has 13 heavy (non-hydrogen) atoms. The van der Waals surface area contributed by atoms with Gasteiger partial charge >= 0.3 is 5.97 Å². The van der Waals surface area contributed by atoms with Crippen LogP contribution in [0.2, 0.25) is 0 Å². The van der Waals surface area contributed by atoms with E-state index in [2.05, 4.69) is 0 Å². The van der Waals surface area contributed by atoms with Gasteiger partial charge in [-0.3, -0.25) is 4.79 Å². The van der Waals surface area contributed by atoms with Crippen molar-refractivity contribution >= 4 is 17.7 Å². The second-order valence-corrected chi connectivity index (χ2v) is 5.24. The van der Waals surface area contributed by atoms with E-state index in [-0.39, 0.29) is 11.8 Å². The van der Waals surface area contributed by atoms with E-state index in [9.17, 15) is 4.79 Å². The summed E-state index contributed by atoms with van der Waals surface area (Å²) in [5.41, 5.74) is 0. The molecule has 0 spiro atoms. The van der Waals surface area contributed by atoms with Crippen molar-refractivity contribution < 1.29 is 9.90 Å². The lowest BCUT2D eigenvalue weighted by Gasteiger charge is -2.29. The minimum absolute atomic E-state index is 0.132. The number of rotatable bonds is 3. The SMILES string of the molecule is CC(C)C(C(=O)O)C1CCCSC1. The molecule has 2 nitrogen and oxygen atoms in total. The number of thioether (sulfide) groups is 1. The van der Waals surface area contributed by atoms with E-state index >= 15 is 0 Å². The molecule has 0 bridgehead atoms. The van der Waals surface area contributed by atoms with Crippen LogP contribution in [0.25, 0.3) is 0 Å². The molecule has 1 N–H and O–H groups in total. The summed E-state index contributed by atoms with van der Waals surface area (Å²) in [4.78, 5) is 11.0. The van der Waals surface area contributed by atoms with Crippen LogP contribution in [-0.4, -0.2) is 22.6 Å². The van der Waals surface area contributed by atoms with Crippen LogP contribution in [0.15, 0.2) is 0 Å². The lowest BCUT2D eigenvalue weighted by Crippen LogP contribution is -2.31. The summed E-state index contributed by atoms with van der Waals surface area (Å²) < 4.78 is 0. The number of aliphatic carboxylic acids is 1. The molecule has 2 atom stereocenters. The highest BCUT2D eigenvalue weighted by Crippen LogP contribution is 2.32. The zero-order valence-corrected chi connectivity index (χ0v) is 9.14. The first kappa shape index (κ1) is 10.9. The van der Waals surface area contributed by atoms with Gasteiger partial charge in [0.2, 0.25) is 0 Å². The zero-order valence-electron chi connectivity index (χ0n) is 8.32. The third-order valence-corrected chi connectivity index (χ3v) is 3.95. The summed E-state index contributed by atoms with van der Waals surface area (Å²) in [5.74, 6) is 2.17. The topological polar surface area (TPSA) is 37.3 Å². The molecule has 0 saturated carbocycles. The summed E-state index contributed by atoms with van der Waals surface area (Å²) in [6.45, 7) is 4.02. The molecule has 1 saturated heterocycles. The largest absolute Gasteiger partial charge is 0.481 e. The lowest BCUT2D eigenvalue weighted by molar-refractivity contribution is -0.145. The number of carboxylic acid groups (broad SMARTS) is 1. The summed E-state index contributed by atoms with van der Waals surface area (Å²) in [7, 11) is 0. The molecule has 0 aromatic heterocycles. The monoisotopic (exact) mass is 202 g/mol. The Morgan fingerprint density at radius 1 is 1.54 bits per heavy atom. The maximum atomic E-state index is 11.0. The first-order valence-electron chi connectivity index (χ1n) is 4.93. The fourth-order valence-corrected chi connectivity index (χ4v) is 3.29. The maximum absolute atomic E-state index is 11.0. The van der Waals surface area contributed by atoms with Crippen LogP contribution < -0.4 is 0 Å². The number of carbonyl (C=O) groups is 1. The summed E-state index contributed by atoms with van der Waals surface area (Å²) in [5, 5.41) is 9.09. The van der Waals surface area contributed by atoms with Crippen molar-refractivity contribution in [1.29, 1.82) is 0 Å². The van der Waals surface area contributed by atoms with Gasteiger partial charge in [0.1, 0.15) is 0 Å². The van der Waals surface area contributed by atoms with Gasteiger partial charge in [0, 0.05) is 0 Å². The maximum Gasteiger partial charge on any atom is 0.307 e. The highest BCUT2D eigenvalue weighted by Gasteiger charge is 2.31. The Kier molecular flexibility index (Phi) is 4.10. The van der Waals surface area contributed by atoms with Crippen LogP contribution in [0.5, 0.6) is 0 Å². The Balaban J connectivity index is 2.57. The molecule has 1 heterocycles. The van der Waals surface area contributed by atoms with Gasteiger partial charge in [-0.25, -0.2) is 0 Å². The van der Waals surface area contributed by atoms with Crippen LogP contribution in [0, 0.1) is 17.8 Å². The van der Waals surface area contributed by atoms with E-state index in [4.69, 9.17) is 5.11 Å². The van der Waals surface area contributed by atoms with E-state index in [1.54, 1.807) is 0 Å². The number of hydrogen-bond donors (Lipinski definition) is 1. The molecular formula is C10H18O2S. The molecule has 76 valence electrons. The third-order valence-electron chi connectivity index (χ3n) is 2.71. The van der Waals surface area contributed by atoms with E-state index in [0.717, 1.165) is 12.2 Å². The van der Waals surface area contributed by atoms with Gasteiger partial charge in [-0.1, -0.05) is 13.8 Å². The quantitative estimate of drug-likeness (QED) is 0.764. The second kappa shape index (κ2) is 4.89. The second-order valence-electron chi connectivity index (χ2n) is 4.09. The summed E-state index contributed by atoms with van der Waals surface area (Å²) in [6, 6.07) is 0. The molecule has 0 aromatic rings. The van der Waals surface area contributed by atoms with Crippen LogP contribution in [-0.2, 0) is 4.79 Å². The summed E-state index contributed by atoms with van der Waals surface area (Å²) >= 11 is 1.90. The third kappa shape index (κ3) is 2.90. The average molecular weight is 202 g/mol. The zero-order chi connectivity index (χ0) is 9.84. The van der Waals surface area contributed by atoms with Crippen molar-refractivity contribution in [3.8, 4) is 0 Å². The average Bonchev–Trinajstić information content (AvgIpc) is 2.04. The number of hydrogen-bond acceptors (Lipinski definition) is 2. The first-order valence-corrected chi connectivity index (χ1v) is 6.09. The normalized spacial score (nSPS) is 25.9. The Morgan fingerprint density at radius 3 is 2.62 bits per heavy atom. The molecule has 1 fully saturated rings. The van der Waals surface area contributed by atoms with Crippen molar-refractivity contribution in [2.45, 2.75) is 26.7 Å². The smallest absolute Gasteiger partial charge is 0.307 e. The molecule has 0 amide bonds. The van der Waals surface area contributed by atoms with Crippen LogP contribution >= 0.6 is 11.8 Å². The van der Waals surface area contributed by atoms with Crippen molar-refractivity contribution in [3.63, 3.8) is 0 Å². The van der Waals surface area contributed by atoms with Gasteiger partial charge in [-0.15, -0.1) is 0 Å². The predicted octanol–water partition coefficient (Wildman–Crippen LogP) is 2.49. The fourth-order valence-electron chi connectivity index (χ4n) is 2.08. The van der Waals surface area contributed by atoms with Crippen molar-refractivity contribution in [2.24, 2.45) is 17.8 Å². The van der Waals surface area contributed by atoms with E-state index in [0.29, 0.717) is 5.92 Å². The van der Waals surface area contributed by atoms with Gasteiger partial charge in [0.15, 0.2) is 0 Å². The molecule has 0 radical (unpaired) electrons. The fraction of sp³-hybridized carbons (Fsp3) is 0.900. The molecule has 1 aliphatic rings.